The van der Waals surface area contributed by atoms with Crippen molar-refractivity contribution in [3.05, 3.63) is 297 Å². The summed E-state index contributed by atoms with van der Waals surface area (Å²) in [5.41, 5.74) is 26.7. The van der Waals surface area contributed by atoms with E-state index in [4.69, 9.17) is 0 Å². The molecule has 13 aromatic carbocycles. The van der Waals surface area contributed by atoms with E-state index in [1.165, 1.54) is 163 Å². The van der Waals surface area contributed by atoms with Gasteiger partial charge in [0, 0.05) is 85.3 Å². The largest absolute Gasteiger partial charge is 0.310 e. The zero-order valence-corrected chi connectivity index (χ0v) is 49.8. The van der Waals surface area contributed by atoms with Crippen molar-refractivity contribution < 1.29 is 0 Å². The summed E-state index contributed by atoms with van der Waals surface area (Å²) in [7, 11) is 0. The minimum absolute atomic E-state index is 0.177. The quantitative estimate of drug-likeness (QED) is 0.119. The Balaban J connectivity index is 1.03. The van der Waals surface area contributed by atoms with Gasteiger partial charge in [-0.3, -0.25) is 0 Å². The van der Waals surface area contributed by atoms with Crippen molar-refractivity contribution >= 4 is 120 Å². The van der Waals surface area contributed by atoms with E-state index < -0.39 is 0 Å². The van der Waals surface area contributed by atoms with Gasteiger partial charge in [0.1, 0.15) is 0 Å². The highest BCUT2D eigenvalue weighted by Crippen LogP contribution is 2.54. The smallest absolute Gasteiger partial charge is 0.252 e. The fourth-order valence-electron chi connectivity index (χ4n) is 14.3. The van der Waals surface area contributed by atoms with Crippen LogP contribution in [0.15, 0.2) is 291 Å². The zero-order chi connectivity index (χ0) is 57.5. The van der Waals surface area contributed by atoms with Gasteiger partial charge in [0.25, 0.3) is 6.71 Å². The van der Waals surface area contributed by atoms with E-state index in [0.717, 1.165) is 19.3 Å². The number of benzene rings is 13. The average Bonchev–Trinajstić information content (AvgIpc) is 1.30. The molecular formula is C82H57BN2S2. The van der Waals surface area contributed by atoms with Crippen LogP contribution in [-0.4, -0.2) is 6.71 Å². The Morgan fingerprint density at radius 3 is 1.07 bits per heavy atom. The molecule has 0 unspecified atom stereocenters. The van der Waals surface area contributed by atoms with Crippen molar-refractivity contribution in [3.8, 4) is 66.8 Å². The maximum Gasteiger partial charge on any atom is 0.252 e. The number of hydrogen-bond donors (Lipinski definition) is 0. The van der Waals surface area contributed by atoms with Crippen molar-refractivity contribution in [2.75, 3.05) is 9.80 Å². The zero-order valence-electron chi connectivity index (χ0n) is 48.1. The molecule has 2 aliphatic heterocycles. The molecule has 0 radical (unpaired) electrons. The van der Waals surface area contributed by atoms with Crippen LogP contribution in [0.2, 0.25) is 0 Å². The molecule has 0 saturated carbocycles. The lowest BCUT2D eigenvalue weighted by Crippen LogP contribution is -2.61. The Kier molecular flexibility index (Phi) is 12.5. The maximum atomic E-state index is 2.70. The predicted octanol–water partition coefficient (Wildman–Crippen LogP) is 21.8. The van der Waals surface area contributed by atoms with Crippen LogP contribution < -0.4 is 26.2 Å². The standard InChI is InChI=1S/C82H57BN2S2/c1-2-3-24-53-49-74-78-75(50-53)85(80-62(56-29-12-6-13-30-56)37-21-38-63(80)57-31-14-7-15-32-57)73-48-46-59(65-40-23-42-69-67-34-17-19-44-77(67)87-82(65)69)52-71(73)83(78)70-51-58(64-39-22-41-68-66-33-16-18-43-76(66)86-81(64)68)45-47-72(70)84(74)79-60(54-25-8-4-9-26-54)35-20-36-61(79)55-27-10-5-11-28-55/h4-23,25-52H,2-3,24H2,1H3. The third-order valence-electron chi connectivity index (χ3n) is 18.2. The molecule has 0 fully saturated rings. The summed E-state index contributed by atoms with van der Waals surface area (Å²) in [5, 5.41) is 5.21. The van der Waals surface area contributed by atoms with Gasteiger partial charge in [0.15, 0.2) is 0 Å². The lowest BCUT2D eigenvalue weighted by Gasteiger charge is -2.46. The summed E-state index contributed by atoms with van der Waals surface area (Å²) < 4.78 is 5.24. The molecular weight excluding hydrogens is 1090 g/mol. The van der Waals surface area contributed by atoms with Gasteiger partial charge in [-0.1, -0.05) is 268 Å². The molecule has 2 aromatic heterocycles. The molecule has 17 rings (SSSR count). The number of thiophene rings is 2. The Hall–Kier alpha value is -10.0. The van der Waals surface area contributed by atoms with Crippen molar-refractivity contribution in [3.63, 3.8) is 0 Å². The van der Waals surface area contributed by atoms with Crippen LogP contribution in [0.4, 0.5) is 34.1 Å². The van der Waals surface area contributed by atoms with Crippen LogP contribution >= 0.6 is 22.7 Å². The van der Waals surface area contributed by atoms with Crippen molar-refractivity contribution in [1.29, 1.82) is 0 Å². The Morgan fingerprint density at radius 2 is 0.667 bits per heavy atom. The summed E-state index contributed by atoms with van der Waals surface area (Å²) >= 11 is 3.81. The second-order valence-electron chi connectivity index (χ2n) is 23.2. The predicted molar refractivity (Wildman–Crippen MR) is 377 cm³/mol. The van der Waals surface area contributed by atoms with E-state index in [1.54, 1.807) is 0 Å². The van der Waals surface area contributed by atoms with E-state index in [9.17, 15) is 0 Å². The summed E-state index contributed by atoms with van der Waals surface area (Å²) in [4.78, 5) is 5.39. The van der Waals surface area contributed by atoms with Gasteiger partial charge in [-0.2, -0.15) is 0 Å². The number of hydrogen-bond acceptors (Lipinski definition) is 4. The van der Waals surface area contributed by atoms with Gasteiger partial charge in [-0.15, -0.1) is 22.7 Å². The molecule has 0 atom stereocenters. The maximum absolute atomic E-state index is 2.70. The molecule has 87 heavy (non-hydrogen) atoms. The summed E-state index contributed by atoms with van der Waals surface area (Å²) in [6, 6.07) is 110. The third-order valence-corrected chi connectivity index (χ3v) is 20.7. The first-order chi connectivity index (χ1) is 43.1. The van der Waals surface area contributed by atoms with Crippen molar-refractivity contribution in [2.45, 2.75) is 26.2 Å². The molecule has 15 aromatic rings. The fraction of sp³-hybridized carbons (Fsp3) is 0.0488. The van der Waals surface area contributed by atoms with E-state index in [-0.39, 0.29) is 6.71 Å². The van der Waals surface area contributed by atoms with Crippen molar-refractivity contribution in [1.82, 2.24) is 0 Å². The van der Waals surface area contributed by atoms with E-state index in [2.05, 4.69) is 308 Å². The van der Waals surface area contributed by atoms with Crippen LogP contribution in [0.25, 0.3) is 107 Å². The SMILES string of the molecule is CCCCc1cc2c3c(c1)N(c1c(-c4ccccc4)cccc1-c1ccccc1)c1ccc(-c4cccc5c4sc4ccccc45)cc1B3c1cc(-c3cccc4c3sc3ccccc34)ccc1N2c1c(-c2ccccc2)cccc1-c1ccccc1. The van der Waals surface area contributed by atoms with Gasteiger partial charge in [-0.05, 0) is 116 Å². The number of fused-ring (bicyclic) bond motifs is 10. The van der Waals surface area contributed by atoms with Crippen LogP contribution in [0.3, 0.4) is 0 Å². The topological polar surface area (TPSA) is 6.48 Å². The number of para-hydroxylation sites is 2. The highest BCUT2D eigenvalue weighted by atomic mass is 32.1. The first-order valence-electron chi connectivity index (χ1n) is 30.5. The molecule has 5 heteroatoms. The van der Waals surface area contributed by atoms with E-state index in [1.807, 2.05) is 22.7 Å². The fourth-order valence-corrected chi connectivity index (χ4v) is 16.8. The number of unbranched alkanes of at least 4 members (excludes halogenated alkanes) is 1. The van der Waals surface area contributed by atoms with E-state index >= 15 is 0 Å². The van der Waals surface area contributed by atoms with Crippen molar-refractivity contribution in [2.24, 2.45) is 0 Å². The molecule has 0 aliphatic carbocycles. The van der Waals surface area contributed by atoms with Crippen LogP contribution in [0.5, 0.6) is 0 Å². The first-order valence-corrected chi connectivity index (χ1v) is 32.1. The van der Waals surface area contributed by atoms with Crippen LogP contribution in [0, 0.1) is 0 Å². The average molecular weight is 1150 g/mol. The normalized spacial score (nSPS) is 12.5. The summed E-state index contributed by atoms with van der Waals surface area (Å²) in [6.07, 6.45) is 3.10. The van der Waals surface area contributed by atoms with E-state index in [0.29, 0.717) is 0 Å². The highest BCUT2D eigenvalue weighted by Gasteiger charge is 2.45. The molecule has 410 valence electrons. The minimum atomic E-state index is -0.177. The third kappa shape index (κ3) is 8.44. The molecule has 0 N–H and O–H groups in total. The molecule has 4 heterocycles. The van der Waals surface area contributed by atoms with Crippen LogP contribution in [-0.2, 0) is 6.42 Å². The second kappa shape index (κ2) is 21.2. The molecule has 0 spiro atoms. The Labute approximate surface area is 516 Å². The summed E-state index contributed by atoms with van der Waals surface area (Å²) in [6.45, 7) is 2.14. The van der Waals surface area contributed by atoms with Gasteiger partial charge in [0.05, 0.1) is 11.4 Å². The Bertz CT molecular complexity index is 4730. The molecule has 2 aliphatic rings. The molecule has 0 amide bonds. The lowest BCUT2D eigenvalue weighted by molar-refractivity contribution is 0.795. The van der Waals surface area contributed by atoms with Crippen LogP contribution in [0.1, 0.15) is 25.3 Å². The number of aryl methyl sites for hydroxylation is 1. The monoisotopic (exact) mass is 1140 g/mol. The number of rotatable bonds is 11. The lowest BCUT2D eigenvalue weighted by atomic mass is 9.33. The molecule has 0 bridgehead atoms. The van der Waals surface area contributed by atoms with Gasteiger partial charge in [0.2, 0.25) is 0 Å². The summed E-state index contributed by atoms with van der Waals surface area (Å²) in [5.74, 6) is 0. The second-order valence-corrected chi connectivity index (χ2v) is 25.3. The molecule has 0 saturated heterocycles. The highest BCUT2D eigenvalue weighted by molar-refractivity contribution is 7.26. The van der Waals surface area contributed by atoms with Gasteiger partial charge >= 0.3 is 0 Å². The first kappa shape index (κ1) is 51.4. The molecule has 2 nitrogen and oxygen atoms in total. The number of nitrogens with zero attached hydrogens (tertiary/aromatic N) is 2. The van der Waals surface area contributed by atoms with Gasteiger partial charge in [-0.25, -0.2) is 0 Å². The minimum Gasteiger partial charge on any atom is -0.310 e. The number of anilines is 6. The Morgan fingerprint density at radius 1 is 0.310 bits per heavy atom. The van der Waals surface area contributed by atoms with Gasteiger partial charge < -0.3 is 9.80 Å².